The van der Waals surface area contributed by atoms with Crippen LogP contribution in [0.1, 0.15) is 26.7 Å². The van der Waals surface area contributed by atoms with E-state index < -0.39 is 0 Å². The summed E-state index contributed by atoms with van der Waals surface area (Å²) in [6, 6.07) is 0. The van der Waals surface area contributed by atoms with Crippen molar-refractivity contribution in [2.45, 2.75) is 26.7 Å². The van der Waals surface area contributed by atoms with Gasteiger partial charge in [-0.05, 0) is 20.3 Å². The van der Waals surface area contributed by atoms with Gasteiger partial charge in [0.05, 0.1) is 13.2 Å². The van der Waals surface area contributed by atoms with E-state index in [1.165, 1.54) is 0 Å². The minimum absolute atomic E-state index is 0.225. The lowest BCUT2D eigenvalue weighted by Gasteiger charge is -2.02. The standard InChI is InChI=1S/C9H18O3/c1-3-11-7-8-12-6-4-5-9(2)10/h3-8H2,1-2H3. The zero-order valence-corrected chi connectivity index (χ0v) is 7.97. The molecule has 0 saturated carbocycles. The van der Waals surface area contributed by atoms with Gasteiger partial charge in [0.1, 0.15) is 5.78 Å². The Morgan fingerprint density at radius 1 is 1.17 bits per heavy atom. The molecule has 0 bridgehead atoms. The van der Waals surface area contributed by atoms with Crippen molar-refractivity contribution in [2.75, 3.05) is 26.4 Å². The summed E-state index contributed by atoms with van der Waals surface area (Å²) >= 11 is 0. The van der Waals surface area contributed by atoms with Crippen LogP contribution >= 0.6 is 0 Å². The van der Waals surface area contributed by atoms with E-state index >= 15 is 0 Å². The van der Waals surface area contributed by atoms with Gasteiger partial charge in [0.25, 0.3) is 0 Å². The zero-order valence-electron chi connectivity index (χ0n) is 7.97. The van der Waals surface area contributed by atoms with E-state index in [0.29, 0.717) is 26.2 Å². The SMILES string of the molecule is CCOCCOCCCC(C)=O. The number of hydrogen-bond acceptors (Lipinski definition) is 3. The van der Waals surface area contributed by atoms with Crippen LogP contribution in [0.2, 0.25) is 0 Å². The first kappa shape index (κ1) is 11.6. The fourth-order valence-electron chi connectivity index (χ4n) is 0.787. The summed E-state index contributed by atoms with van der Waals surface area (Å²) in [4.78, 5) is 10.5. The molecule has 0 atom stereocenters. The molecule has 0 fully saturated rings. The average molecular weight is 174 g/mol. The van der Waals surface area contributed by atoms with Crippen molar-refractivity contribution in [3.63, 3.8) is 0 Å². The Hall–Kier alpha value is -0.410. The van der Waals surface area contributed by atoms with E-state index in [0.717, 1.165) is 13.0 Å². The summed E-state index contributed by atoms with van der Waals surface area (Å²) in [6.45, 7) is 6.22. The minimum atomic E-state index is 0.225. The largest absolute Gasteiger partial charge is 0.379 e. The summed E-state index contributed by atoms with van der Waals surface area (Å²) in [6.07, 6.45) is 1.44. The van der Waals surface area contributed by atoms with Gasteiger partial charge in [0.15, 0.2) is 0 Å². The molecule has 12 heavy (non-hydrogen) atoms. The second-order valence-corrected chi connectivity index (χ2v) is 2.61. The van der Waals surface area contributed by atoms with Crippen LogP contribution in [0.25, 0.3) is 0 Å². The molecule has 0 aromatic heterocycles. The minimum Gasteiger partial charge on any atom is -0.379 e. The number of carbonyl (C=O) groups is 1. The van der Waals surface area contributed by atoms with Crippen LogP contribution < -0.4 is 0 Å². The van der Waals surface area contributed by atoms with Crippen molar-refractivity contribution in [3.05, 3.63) is 0 Å². The van der Waals surface area contributed by atoms with Gasteiger partial charge in [-0.3, -0.25) is 0 Å². The molecule has 0 saturated heterocycles. The molecule has 0 rings (SSSR count). The van der Waals surface area contributed by atoms with Gasteiger partial charge < -0.3 is 14.3 Å². The van der Waals surface area contributed by atoms with Crippen molar-refractivity contribution in [3.8, 4) is 0 Å². The van der Waals surface area contributed by atoms with Crippen molar-refractivity contribution < 1.29 is 14.3 Å². The Bertz CT molecular complexity index is 112. The molecule has 0 heterocycles. The van der Waals surface area contributed by atoms with Crippen LogP contribution in [0, 0.1) is 0 Å². The summed E-state index contributed by atoms with van der Waals surface area (Å²) in [5.41, 5.74) is 0. The van der Waals surface area contributed by atoms with Gasteiger partial charge in [-0.15, -0.1) is 0 Å². The number of carbonyl (C=O) groups excluding carboxylic acids is 1. The van der Waals surface area contributed by atoms with Crippen LogP contribution in [0.4, 0.5) is 0 Å². The summed E-state index contributed by atoms with van der Waals surface area (Å²) < 4.78 is 10.3. The van der Waals surface area contributed by atoms with Gasteiger partial charge >= 0.3 is 0 Å². The van der Waals surface area contributed by atoms with E-state index in [1.54, 1.807) is 6.92 Å². The molecule has 0 radical (unpaired) electrons. The molecule has 0 aromatic carbocycles. The summed E-state index contributed by atoms with van der Waals surface area (Å²) in [5.74, 6) is 0.225. The number of rotatable bonds is 8. The molecule has 0 aliphatic heterocycles. The first-order chi connectivity index (χ1) is 5.77. The van der Waals surface area contributed by atoms with E-state index in [1.807, 2.05) is 6.92 Å². The number of ether oxygens (including phenoxy) is 2. The normalized spacial score (nSPS) is 10.2. The van der Waals surface area contributed by atoms with E-state index in [-0.39, 0.29) is 5.78 Å². The highest BCUT2D eigenvalue weighted by Crippen LogP contribution is 1.90. The molecular formula is C9H18O3. The quantitative estimate of drug-likeness (QED) is 0.522. The predicted octanol–water partition coefficient (Wildman–Crippen LogP) is 1.41. The smallest absolute Gasteiger partial charge is 0.129 e. The highest BCUT2D eigenvalue weighted by molar-refractivity contribution is 5.75. The maximum Gasteiger partial charge on any atom is 0.129 e. The van der Waals surface area contributed by atoms with Crippen LogP contribution in [0.3, 0.4) is 0 Å². The third kappa shape index (κ3) is 9.59. The topological polar surface area (TPSA) is 35.5 Å². The maximum absolute atomic E-state index is 10.5. The molecule has 0 N–H and O–H groups in total. The lowest BCUT2D eigenvalue weighted by atomic mass is 10.2. The Morgan fingerprint density at radius 3 is 2.42 bits per heavy atom. The summed E-state index contributed by atoms with van der Waals surface area (Å²) in [7, 11) is 0. The molecule has 0 unspecified atom stereocenters. The highest BCUT2D eigenvalue weighted by Gasteiger charge is 1.93. The molecule has 0 aromatic rings. The Labute approximate surface area is 74.0 Å². The van der Waals surface area contributed by atoms with Gasteiger partial charge in [-0.25, -0.2) is 0 Å². The summed E-state index contributed by atoms with van der Waals surface area (Å²) in [5, 5.41) is 0. The van der Waals surface area contributed by atoms with E-state index in [9.17, 15) is 4.79 Å². The van der Waals surface area contributed by atoms with Crippen molar-refractivity contribution >= 4 is 5.78 Å². The molecule has 3 heteroatoms. The molecule has 0 spiro atoms. The first-order valence-electron chi connectivity index (χ1n) is 4.42. The van der Waals surface area contributed by atoms with Gasteiger partial charge in [-0.1, -0.05) is 0 Å². The van der Waals surface area contributed by atoms with Gasteiger partial charge in [-0.2, -0.15) is 0 Å². The average Bonchev–Trinajstić information content (AvgIpc) is 2.02. The van der Waals surface area contributed by atoms with E-state index in [4.69, 9.17) is 9.47 Å². The van der Waals surface area contributed by atoms with Crippen LogP contribution in [0.15, 0.2) is 0 Å². The monoisotopic (exact) mass is 174 g/mol. The zero-order chi connectivity index (χ0) is 9.23. The third-order valence-corrected chi connectivity index (χ3v) is 1.39. The lowest BCUT2D eigenvalue weighted by Crippen LogP contribution is -2.05. The van der Waals surface area contributed by atoms with Crippen LogP contribution in [-0.4, -0.2) is 32.2 Å². The maximum atomic E-state index is 10.5. The Morgan fingerprint density at radius 2 is 1.83 bits per heavy atom. The molecule has 0 aliphatic rings. The van der Waals surface area contributed by atoms with Crippen molar-refractivity contribution in [1.29, 1.82) is 0 Å². The van der Waals surface area contributed by atoms with Crippen molar-refractivity contribution in [2.24, 2.45) is 0 Å². The van der Waals surface area contributed by atoms with Crippen LogP contribution in [-0.2, 0) is 14.3 Å². The second-order valence-electron chi connectivity index (χ2n) is 2.61. The fraction of sp³-hybridized carbons (Fsp3) is 0.889. The molecule has 3 nitrogen and oxygen atoms in total. The Kier molecular flexibility index (Phi) is 8.39. The molecule has 0 aliphatic carbocycles. The number of Topliss-reactive ketones (excluding diaryl/α,β-unsaturated/α-hetero) is 1. The fourth-order valence-corrected chi connectivity index (χ4v) is 0.787. The second kappa shape index (κ2) is 8.68. The third-order valence-electron chi connectivity index (χ3n) is 1.39. The van der Waals surface area contributed by atoms with E-state index in [2.05, 4.69) is 0 Å². The lowest BCUT2D eigenvalue weighted by molar-refractivity contribution is -0.117. The molecular weight excluding hydrogens is 156 g/mol. The number of ketones is 1. The Balaban J connectivity index is 2.86. The number of hydrogen-bond donors (Lipinski definition) is 0. The van der Waals surface area contributed by atoms with Crippen molar-refractivity contribution in [1.82, 2.24) is 0 Å². The van der Waals surface area contributed by atoms with Crippen LogP contribution in [0.5, 0.6) is 0 Å². The van der Waals surface area contributed by atoms with Gasteiger partial charge in [0, 0.05) is 19.6 Å². The highest BCUT2D eigenvalue weighted by atomic mass is 16.5. The first-order valence-corrected chi connectivity index (χ1v) is 4.42. The predicted molar refractivity (Wildman–Crippen MR) is 47.2 cm³/mol. The molecule has 0 amide bonds. The molecule has 72 valence electrons. The van der Waals surface area contributed by atoms with Gasteiger partial charge in [0.2, 0.25) is 0 Å².